The number of hydrogen-bond donors (Lipinski definition) is 0. The van der Waals surface area contributed by atoms with Crippen molar-refractivity contribution in [3.05, 3.63) is 176 Å². The average molecular weight is 688 g/mol. The summed E-state index contributed by atoms with van der Waals surface area (Å²) in [7, 11) is 0. The fourth-order valence-corrected chi connectivity index (χ4v) is 8.76. The molecule has 0 saturated carbocycles. The van der Waals surface area contributed by atoms with Gasteiger partial charge in [-0.05, 0) is 98.5 Å². The maximum atomic E-state index is 6.40. The van der Waals surface area contributed by atoms with E-state index >= 15 is 0 Å². The quantitative estimate of drug-likeness (QED) is 0.174. The molecule has 54 heavy (non-hydrogen) atoms. The van der Waals surface area contributed by atoms with Crippen LogP contribution in [0.25, 0.3) is 104 Å². The highest BCUT2D eigenvalue weighted by molar-refractivity contribution is 6.29. The molecule has 4 heteroatoms. The predicted octanol–water partition coefficient (Wildman–Crippen LogP) is 13.3. The molecule has 4 nitrogen and oxygen atoms in total. The van der Waals surface area contributed by atoms with Gasteiger partial charge in [-0.25, -0.2) is 9.97 Å². The van der Waals surface area contributed by atoms with Crippen molar-refractivity contribution < 1.29 is 4.74 Å². The second-order valence-corrected chi connectivity index (χ2v) is 14.1. The smallest absolute Gasteiger partial charge is 0.160 e. The second kappa shape index (κ2) is 11.1. The first kappa shape index (κ1) is 29.3. The van der Waals surface area contributed by atoms with E-state index in [4.69, 9.17) is 14.7 Å². The summed E-state index contributed by atoms with van der Waals surface area (Å²) in [4.78, 5) is 10.5. The minimum Gasteiger partial charge on any atom is -0.456 e. The van der Waals surface area contributed by atoms with Crippen molar-refractivity contribution in [1.29, 1.82) is 0 Å². The van der Waals surface area contributed by atoms with Gasteiger partial charge in [-0.15, -0.1) is 0 Å². The third kappa shape index (κ3) is 4.13. The van der Waals surface area contributed by atoms with E-state index in [0.29, 0.717) is 5.82 Å². The lowest BCUT2D eigenvalue weighted by Crippen LogP contribution is -2.03. The molecule has 0 saturated heterocycles. The lowest BCUT2D eigenvalue weighted by molar-refractivity contribution is 0.486. The summed E-state index contributed by atoms with van der Waals surface area (Å²) in [6.07, 6.45) is 0. The lowest BCUT2D eigenvalue weighted by atomic mass is 9.94. The molecule has 250 valence electrons. The molecule has 9 aromatic carbocycles. The van der Waals surface area contributed by atoms with E-state index in [-0.39, 0.29) is 0 Å². The fourth-order valence-electron chi connectivity index (χ4n) is 8.76. The molecule has 1 aliphatic rings. The molecule has 0 aliphatic carbocycles. The Morgan fingerprint density at radius 3 is 2.02 bits per heavy atom. The standard InChI is InChI=1S/C50H29N3O/c1-2-10-30(11-3-1)36-27-29-44-47-48(36)51-50(52-49(47)40-15-7-9-17-43(40)54-44)33-20-23-34(24-21-33)53-41-16-8-6-14-39(41)46-38-25-22-32-19-18-31-12-4-5-13-35(31)45(32)37(38)26-28-42(46)53/h1-29H. The Kier molecular flexibility index (Phi) is 6.02. The van der Waals surface area contributed by atoms with E-state index in [1.807, 2.05) is 30.3 Å². The molecular weight excluding hydrogens is 659 g/mol. The first-order valence-corrected chi connectivity index (χ1v) is 18.3. The number of ether oxygens (including phenoxy) is 1. The molecule has 3 heterocycles. The van der Waals surface area contributed by atoms with Crippen LogP contribution in [-0.4, -0.2) is 14.5 Å². The Morgan fingerprint density at radius 2 is 1.11 bits per heavy atom. The van der Waals surface area contributed by atoms with Crippen molar-refractivity contribution in [3.63, 3.8) is 0 Å². The number of aromatic nitrogens is 3. The van der Waals surface area contributed by atoms with Gasteiger partial charge in [-0.2, -0.15) is 0 Å². The Morgan fingerprint density at radius 1 is 0.389 bits per heavy atom. The van der Waals surface area contributed by atoms with Gasteiger partial charge in [0, 0.05) is 33.2 Å². The van der Waals surface area contributed by atoms with Crippen molar-refractivity contribution in [3.8, 4) is 51.0 Å². The number of fused-ring (bicyclic) bond motifs is 11. The van der Waals surface area contributed by atoms with Crippen molar-refractivity contribution in [2.24, 2.45) is 0 Å². The highest BCUT2D eigenvalue weighted by Gasteiger charge is 2.25. The molecule has 1 aliphatic heterocycles. The SMILES string of the molecule is c1ccc(-c2ccc3c4c(nc(-c5ccc(-n6c7ccccc7c7c8ccc9ccc%10ccccc%10c9c8ccc76)cc5)nc24)-c2ccccc2O3)cc1. The van der Waals surface area contributed by atoms with Crippen LogP contribution in [-0.2, 0) is 0 Å². The third-order valence-electron chi connectivity index (χ3n) is 11.2. The maximum Gasteiger partial charge on any atom is 0.160 e. The summed E-state index contributed by atoms with van der Waals surface area (Å²) in [6.45, 7) is 0. The van der Waals surface area contributed by atoms with Crippen LogP contribution >= 0.6 is 0 Å². The zero-order chi connectivity index (χ0) is 35.3. The van der Waals surface area contributed by atoms with Gasteiger partial charge < -0.3 is 9.30 Å². The monoisotopic (exact) mass is 687 g/mol. The topological polar surface area (TPSA) is 39.9 Å². The summed E-state index contributed by atoms with van der Waals surface area (Å²) in [5, 5.41) is 11.1. The molecule has 2 aromatic heterocycles. The third-order valence-corrected chi connectivity index (χ3v) is 11.2. The molecule has 0 atom stereocenters. The molecular formula is C50H29N3O. The molecule has 11 aromatic rings. The first-order valence-electron chi connectivity index (χ1n) is 18.3. The number of hydrogen-bond acceptors (Lipinski definition) is 3. The maximum absolute atomic E-state index is 6.40. The summed E-state index contributed by atoms with van der Waals surface area (Å²) in [5.41, 5.74) is 9.30. The van der Waals surface area contributed by atoms with Crippen LogP contribution in [0.1, 0.15) is 0 Å². The first-order chi connectivity index (χ1) is 26.8. The number of para-hydroxylation sites is 2. The van der Waals surface area contributed by atoms with Crippen molar-refractivity contribution in [1.82, 2.24) is 14.5 Å². The second-order valence-electron chi connectivity index (χ2n) is 14.1. The van der Waals surface area contributed by atoms with Crippen LogP contribution in [0, 0.1) is 0 Å². The van der Waals surface area contributed by atoms with E-state index in [1.165, 1.54) is 54.1 Å². The van der Waals surface area contributed by atoms with Crippen LogP contribution in [0.3, 0.4) is 0 Å². The van der Waals surface area contributed by atoms with Crippen LogP contribution in [0.5, 0.6) is 11.5 Å². The molecule has 0 N–H and O–H groups in total. The molecule has 0 bridgehead atoms. The van der Waals surface area contributed by atoms with Crippen LogP contribution in [0.15, 0.2) is 176 Å². The minimum absolute atomic E-state index is 0.683. The average Bonchev–Trinajstić information content (AvgIpc) is 3.58. The molecule has 0 spiro atoms. The van der Waals surface area contributed by atoms with Gasteiger partial charge in [0.2, 0.25) is 0 Å². The number of nitrogens with zero attached hydrogens (tertiary/aromatic N) is 3. The van der Waals surface area contributed by atoms with Crippen molar-refractivity contribution in [2.75, 3.05) is 0 Å². The van der Waals surface area contributed by atoms with Gasteiger partial charge in [-0.1, -0.05) is 115 Å². The summed E-state index contributed by atoms with van der Waals surface area (Å²) < 4.78 is 8.79. The number of rotatable bonds is 3. The van der Waals surface area contributed by atoms with Gasteiger partial charge in [-0.3, -0.25) is 0 Å². The van der Waals surface area contributed by atoms with Crippen molar-refractivity contribution >= 4 is 65.0 Å². The van der Waals surface area contributed by atoms with Crippen LogP contribution in [0.4, 0.5) is 0 Å². The largest absolute Gasteiger partial charge is 0.456 e. The Labute approximate surface area is 310 Å². The lowest BCUT2D eigenvalue weighted by Gasteiger charge is -2.22. The minimum atomic E-state index is 0.683. The van der Waals surface area contributed by atoms with E-state index in [0.717, 1.165) is 56.0 Å². The van der Waals surface area contributed by atoms with Gasteiger partial charge >= 0.3 is 0 Å². The molecule has 12 rings (SSSR count). The highest BCUT2D eigenvalue weighted by atomic mass is 16.5. The van der Waals surface area contributed by atoms with Crippen LogP contribution < -0.4 is 4.74 Å². The zero-order valence-electron chi connectivity index (χ0n) is 29.0. The summed E-state index contributed by atoms with van der Waals surface area (Å²) >= 11 is 0. The van der Waals surface area contributed by atoms with E-state index in [1.54, 1.807) is 0 Å². The highest BCUT2D eigenvalue weighted by Crippen LogP contribution is 2.48. The Bertz CT molecular complexity index is 3350. The van der Waals surface area contributed by atoms with E-state index in [2.05, 4.69) is 150 Å². The summed E-state index contributed by atoms with van der Waals surface area (Å²) in [5.74, 6) is 2.27. The van der Waals surface area contributed by atoms with Gasteiger partial charge in [0.05, 0.1) is 27.6 Å². The van der Waals surface area contributed by atoms with Crippen LogP contribution in [0.2, 0.25) is 0 Å². The number of benzene rings is 9. The molecule has 0 fully saturated rings. The molecule has 0 amide bonds. The Hall–Kier alpha value is -7.30. The predicted molar refractivity (Wildman–Crippen MR) is 223 cm³/mol. The fraction of sp³-hybridized carbons (Fsp3) is 0. The van der Waals surface area contributed by atoms with E-state index < -0.39 is 0 Å². The normalized spacial score (nSPS) is 12.2. The van der Waals surface area contributed by atoms with Gasteiger partial charge in [0.25, 0.3) is 0 Å². The van der Waals surface area contributed by atoms with Gasteiger partial charge in [0.15, 0.2) is 5.82 Å². The van der Waals surface area contributed by atoms with Crippen molar-refractivity contribution in [2.45, 2.75) is 0 Å². The zero-order valence-corrected chi connectivity index (χ0v) is 29.0. The molecule has 0 radical (unpaired) electrons. The van der Waals surface area contributed by atoms with Gasteiger partial charge in [0.1, 0.15) is 11.5 Å². The Balaban J connectivity index is 1.06. The summed E-state index contributed by atoms with van der Waals surface area (Å²) in [6, 6.07) is 62.5. The molecule has 0 unspecified atom stereocenters. The van der Waals surface area contributed by atoms with E-state index in [9.17, 15) is 0 Å².